The molecule has 0 atom stereocenters. The number of benzene rings is 2. The Morgan fingerprint density at radius 1 is 1.04 bits per heavy atom. The molecule has 0 amide bonds. The van der Waals surface area contributed by atoms with Gasteiger partial charge in [-0.05, 0) is 30.7 Å². The van der Waals surface area contributed by atoms with Gasteiger partial charge in [-0.2, -0.15) is 4.31 Å². The molecule has 0 spiro atoms. The highest BCUT2D eigenvalue weighted by Crippen LogP contribution is 2.25. The molecule has 8 heteroatoms. The van der Waals surface area contributed by atoms with Crippen LogP contribution in [0.1, 0.15) is 5.56 Å². The summed E-state index contributed by atoms with van der Waals surface area (Å²) in [5, 5.41) is 0. The summed E-state index contributed by atoms with van der Waals surface area (Å²) < 4.78 is 32.4. The van der Waals surface area contributed by atoms with Crippen LogP contribution in [0.15, 0.2) is 56.6 Å². The molecule has 2 heterocycles. The summed E-state index contributed by atoms with van der Waals surface area (Å²) in [6.07, 6.45) is 0. The molecule has 1 aliphatic rings. The summed E-state index contributed by atoms with van der Waals surface area (Å²) in [4.78, 5) is 16.4. The summed E-state index contributed by atoms with van der Waals surface area (Å²) in [5.74, 6) is -0.480. The molecule has 0 unspecified atom stereocenters. The Bertz CT molecular complexity index is 1110. The van der Waals surface area contributed by atoms with Crippen LogP contribution in [0, 0.1) is 6.92 Å². The van der Waals surface area contributed by atoms with Crippen molar-refractivity contribution in [3.63, 3.8) is 0 Å². The molecule has 1 N–H and O–H groups in total. The van der Waals surface area contributed by atoms with E-state index in [2.05, 4.69) is 9.88 Å². The summed E-state index contributed by atoms with van der Waals surface area (Å²) in [6.45, 7) is 3.77. The van der Waals surface area contributed by atoms with Gasteiger partial charge in [0.25, 0.3) is 0 Å². The summed E-state index contributed by atoms with van der Waals surface area (Å²) in [7, 11) is -3.49. The lowest BCUT2D eigenvalue weighted by Gasteiger charge is -2.35. The van der Waals surface area contributed by atoms with E-state index in [0.717, 1.165) is 11.3 Å². The number of hydrogen-bond acceptors (Lipinski definition) is 5. The van der Waals surface area contributed by atoms with Crippen molar-refractivity contribution in [3.05, 3.63) is 58.6 Å². The van der Waals surface area contributed by atoms with Crippen LogP contribution in [0.2, 0.25) is 0 Å². The second-order valence-corrected chi connectivity index (χ2v) is 8.26. The fourth-order valence-electron chi connectivity index (χ4n) is 3.30. The lowest BCUT2D eigenvalue weighted by Crippen LogP contribution is -2.48. The predicted molar refractivity (Wildman–Crippen MR) is 99.0 cm³/mol. The Morgan fingerprint density at radius 3 is 2.50 bits per heavy atom. The van der Waals surface area contributed by atoms with E-state index in [0.29, 0.717) is 42.2 Å². The van der Waals surface area contributed by atoms with Gasteiger partial charge < -0.3 is 9.32 Å². The third-order valence-electron chi connectivity index (χ3n) is 4.72. The molecule has 0 aliphatic carbocycles. The Labute approximate surface area is 150 Å². The third kappa shape index (κ3) is 2.91. The van der Waals surface area contributed by atoms with Crippen LogP contribution < -0.4 is 10.7 Å². The summed E-state index contributed by atoms with van der Waals surface area (Å²) in [6, 6.07) is 12.5. The van der Waals surface area contributed by atoms with Crippen molar-refractivity contribution in [2.45, 2.75) is 11.8 Å². The molecule has 7 nitrogen and oxygen atoms in total. The van der Waals surface area contributed by atoms with Crippen LogP contribution in [0.4, 0.5) is 5.69 Å². The van der Waals surface area contributed by atoms with Gasteiger partial charge in [-0.25, -0.2) is 13.2 Å². The number of piperazine rings is 1. The normalized spacial score (nSPS) is 16.3. The number of nitrogens with one attached hydrogen (secondary N) is 1. The molecule has 1 fully saturated rings. The Kier molecular flexibility index (Phi) is 4.08. The number of sulfonamides is 1. The van der Waals surface area contributed by atoms with Gasteiger partial charge in [-0.3, -0.25) is 4.98 Å². The van der Waals surface area contributed by atoms with E-state index < -0.39 is 15.8 Å². The van der Waals surface area contributed by atoms with Gasteiger partial charge in [-0.1, -0.05) is 18.2 Å². The first-order chi connectivity index (χ1) is 12.4. The molecule has 1 aliphatic heterocycles. The van der Waals surface area contributed by atoms with Crippen molar-refractivity contribution in [2.75, 3.05) is 31.1 Å². The minimum absolute atomic E-state index is 0.365. The fourth-order valence-corrected chi connectivity index (χ4v) is 4.95. The summed E-state index contributed by atoms with van der Waals surface area (Å²) >= 11 is 0. The number of nitrogens with zero attached hydrogens (tertiary/aromatic N) is 2. The lowest BCUT2D eigenvalue weighted by molar-refractivity contribution is 0.384. The second-order valence-electron chi connectivity index (χ2n) is 6.35. The zero-order valence-corrected chi connectivity index (χ0v) is 15.1. The Hall–Kier alpha value is -2.58. The topological polar surface area (TPSA) is 86.6 Å². The standard InChI is InChI=1S/C18H19N3O4S/c1-13-4-2-3-5-17(13)26(23,24)21-10-8-20(9-11-21)14-6-7-15-16(12-14)25-18(22)19-15/h2-7,12H,8-11H2,1H3,(H,19,22). The van der Waals surface area contributed by atoms with Gasteiger partial charge in [0.1, 0.15) is 0 Å². The monoisotopic (exact) mass is 373 g/mol. The molecule has 4 rings (SSSR count). The molecule has 0 saturated carbocycles. The van der Waals surface area contributed by atoms with Crippen molar-refractivity contribution < 1.29 is 12.8 Å². The minimum Gasteiger partial charge on any atom is -0.408 e. The van der Waals surface area contributed by atoms with Crippen molar-refractivity contribution in [3.8, 4) is 0 Å². The van der Waals surface area contributed by atoms with E-state index in [-0.39, 0.29) is 0 Å². The number of oxazole rings is 1. The largest absolute Gasteiger partial charge is 0.417 e. The third-order valence-corrected chi connectivity index (χ3v) is 6.78. The first-order valence-corrected chi connectivity index (χ1v) is 9.83. The number of H-pyrrole nitrogens is 1. The number of aryl methyl sites for hydroxylation is 1. The molecule has 1 aromatic heterocycles. The average Bonchev–Trinajstić information content (AvgIpc) is 3.01. The van der Waals surface area contributed by atoms with E-state index in [1.54, 1.807) is 24.3 Å². The lowest BCUT2D eigenvalue weighted by atomic mass is 10.2. The number of anilines is 1. The number of aromatic amines is 1. The highest BCUT2D eigenvalue weighted by Gasteiger charge is 2.29. The van der Waals surface area contributed by atoms with Crippen LogP contribution in [-0.4, -0.2) is 43.9 Å². The molecule has 2 aromatic carbocycles. The van der Waals surface area contributed by atoms with Crippen LogP contribution in [0.5, 0.6) is 0 Å². The van der Waals surface area contributed by atoms with Gasteiger partial charge in [0, 0.05) is 37.9 Å². The molecular weight excluding hydrogens is 354 g/mol. The van der Waals surface area contributed by atoms with Crippen molar-refractivity contribution >= 4 is 26.8 Å². The fraction of sp³-hybridized carbons (Fsp3) is 0.278. The molecular formula is C18H19N3O4S. The maximum atomic E-state index is 12.9. The smallest absolute Gasteiger partial charge is 0.408 e. The summed E-state index contributed by atoms with van der Waals surface area (Å²) in [5.41, 5.74) is 2.82. The highest BCUT2D eigenvalue weighted by molar-refractivity contribution is 7.89. The number of hydrogen-bond donors (Lipinski definition) is 1. The van der Waals surface area contributed by atoms with E-state index in [1.165, 1.54) is 4.31 Å². The number of rotatable bonds is 3. The molecule has 0 radical (unpaired) electrons. The molecule has 1 saturated heterocycles. The molecule has 3 aromatic rings. The van der Waals surface area contributed by atoms with Gasteiger partial charge in [0.05, 0.1) is 10.4 Å². The van der Waals surface area contributed by atoms with Gasteiger partial charge in [0.2, 0.25) is 10.0 Å². The van der Waals surface area contributed by atoms with E-state index in [4.69, 9.17) is 4.42 Å². The minimum atomic E-state index is -3.49. The molecule has 26 heavy (non-hydrogen) atoms. The van der Waals surface area contributed by atoms with Crippen LogP contribution >= 0.6 is 0 Å². The first kappa shape index (κ1) is 16.9. The van der Waals surface area contributed by atoms with Crippen LogP contribution in [0.3, 0.4) is 0 Å². The van der Waals surface area contributed by atoms with Crippen LogP contribution in [0.25, 0.3) is 11.1 Å². The second kappa shape index (κ2) is 6.30. The van der Waals surface area contributed by atoms with Gasteiger partial charge in [-0.15, -0.1) is 0 Å². The molecule has 0 bridgehead atoms. The number of aromatic nitrogens is 1. The van der Waals surface area contributed by atoms with E-state index in [1.807, 2.05) is 25.1 Å². The zero-order chi connectivity index (χ0) is 18.3. The van der Waals surface area contributed by atoms with Gasteiger partial charge in [0.15, 0.2) is 5.58 Å². The van der Waals surface area contributed by atoms with Crippen molar-refractivity contribution in [2.24, 2.45) is 0 Å². The highest BCUT2D eigenvalue weighted by atomic mass is 32.2. The first-order valence-electron chi connectivity index (χ1n) is 8.39. The Balaban J connectivity index is 1.53. The van der Waals surface area contributed by atoms with Crippen molar-refractivity contribution in [1.82, 2.24) is 9.29 Å². The maximum Gasteiger partial charge on any atom is 0.417 e. The van der Waals surface area contributed by atoms with E-state index in [9.17, 15) is 13.2 Å². The molecule has 136 valence electrons. The van der Waals surface area contributed by atoms with E-state index >= 15 is 0 Å². The predicted octanol–water partition coefficient (Wildman–Crippen LogP) is 1.94. The zero-order valence-electron chi connectivity index (χ0n) is 14.3. The average molecular weight is 373 g/mol. The van der Waals surface area contributed by atoms with Crippen molar-refractivity contribution in [1.29, 1.82) is 0 Å². The van der Waals surface area contributed by atoms with Crippen LogP contribution in [-0.2, 0) is 10.0 Å². The SMILES string of the molecule is Cc1ccccc1S(=O)(=O)N1CCN(c2ccc3[nH]c(=O)oc3c2)CC1. The number of fused-ring (bicyclic) bond motifs is 1. The van der Waals surface area contributed by atoms with Gasteiger partial charge >= 0.3 is 5.76 Å². The Morgan fingerprint density at radius 2 is 1.77 bits per heavy atom. The maximum absolute atomic E-state index is 12.9. The quantitative estimate of drug-likeness (QED) is 0.758.